The Bertz CT molecular complexity index is 355. The van der Waals surface area contributed by atoms with Gasteiger partial charge in [-0.3, -0.25) is 4.79 Å². The van der Waals surface area contributed by atoms with Gasteiger partial charge in [0.25, 0.3) is 0 Å². The second-order valence-electron chi connectivity index (χ2n) is 4.06. The minimum absolute atomic E-state index is 0.388. The van der Waals surface area contributed by atoms with Crippen LogP contribution in [0.1, 0.15) is 38.7 Å². The van der Waals surface area contributed by atoms with Crippen molar-refractivity contribution in [3.05, 3.63) is 29.8 Å². The highest BCUT2D eigenvalue weighted by Gasteiger charge is 2.17. The molecule has 3 heteroatoms. The summed E-state index contributed by atoms with van der Waals surface area (Å²) in [6.07, 6.45) is 0.625. The maximum Gasteiger partial charge on any atom is 0.310 e. The number of rotatable bonds is 6. The Balaban J connectivity index is 2.90. The second-order valence-corrected chi connectivity index (χ2v) is 4.06. The Hall–Kier alpha value is -1.51. The standard InChI is InChI=1S/C14H21NO2/c1-4-13(14(16)17)11-7-9-12(10-8-11)15(5-2)6-3/h7-10,13H,4-6H2,1-3H3,(H,16,17). The molecule has 1 aromatic carbocycles. The maximum absolute atomic E-state index is 11.1. The third kappa shape index (κ3) is 3.22. The summed E-state index contributed by atoms with van der Waals surface area (Å²) in [6, 6.07) is 7.87. The summed E-state index contributed by atoms with van der Waals surface area (Å²) >= 11 is 0. The molecule has 1 unspecified atom stereocenters. The highest BCUT2D eigenvalue weighted by atomic mass is 16.4. The van der Waals surface area contributed by atoms with E-state index in [1.165, 1.54) is 0 Å². The van der Waals surface area contributed by atoms with Crippen molar-refractivity contribution in [1.82, 2.24) is 0 Å². The molecule has 0 fully saturated rings. The molecule has 1 rings (SSSR count). The highest BCUT2D eigenvalue weighted by Crippen LogP contribution is 2.23. The summed E-state index contributed by atoms with van der Waals surface area (Å²) in [5.74, 6) is -1.14. The van der Waals surface area contributed by atoms with Crippen LogP contribution >= 0.6 is 0 Å². The summed E-state index contributed by atoms with van der Waals surface area (Å²) in [4.78, 5) is 13.3. The number of anilines is 1. The number of carboxylic acid groups (broad SMARTS) is 1. The van der Waals surface area contributed by atoms with E-state index in [1.807, 2.05) is 31.2 Å². The third-order valence-electron chi connectivity index (χ3n) is 3.13. The van der Waals surface area contributed by atoms with E-state index < -0.39 is 5.97 Å². The van der Waals surface area contributed by atoms with E-state index in [-0.39, 0.29) is 5.92 Å². The number of benzene rings is 1. The van der Waals surface area contributed by atoms with Crippen molar-refractivity contribution in [2.45, 2.75) is 33.1 Å². The smallest absolute Gasteiger partial charge is 0.310 e. The normalized spacial score (nSPS) is 12.2. The van der Waals surface area contributed by atoms with Crippen LogP contribution in [0.15, 0.2) is 24.3 Å². The van der Waals surface area contributed by atoms with Gasteiger partial charge < -0.3 is 10.0 Å². The number of aliphatic carboxylic acids is 1. The molecule has 0 bridgehead atoms. The van der Waals surface area contributed by atoms with Gasteiger partial charge in [0.1, 0.15) is 0 Å². The summed E-state index contributed by atoms with van der Waals surface area (Å²) in [5, 5.41) is 9.09. The van der Waals surface area contributed by atoms with Gasteiger partial charge in [-0.1, -0.05) is 19.1 Å². The molecule has 0 aliphatic heterocycles. The predicted molar refractivity (Wildman–Crippen MR) is 70.7 cm³/mol. The zero-order chi connectivity index (χ0) is 12.8. The fourth-order valence-electron chi connectivity index (χ4n) is 2.06. The molecule has 17 heavy (non-hydrogen) atoms. The fourth-order valence-corrected chi connectivity index (χ4v) is 2.06. The van der Waals surface area contributed by atoms with Gasteiger partial charge in [0.05, 0.1) is 5.92 Å². The van der Waals surface area contributed by atoms with Crippen LogP contribution in [-0.4, -0.2) is 24.2 Å². The van der Waals surface area contributed by atoms with Crippen LogP contribution in [0.4, 0.5) is 5.69 Å². The number of hydrogen-bond donors (Lipinski definition) is 1. The van der Waals surface area contributed by atoms with Crippen molar-refractivity contribution in [2.75, 3.05) is 18.0 Å². The molecule has 1 N–H and O–H groups in total. The van der Waals surface area contributed by atoms with Gasteiger partial charge >= 0.3 is 5.97 Å². The monoisotopic (exact) mass is 235 g/mol. The molecule has 0 aliphatic rings. The Morgan fingerprint density at radius 1 is 1.18 bits per heavy atom. The molecule has 0 amide bonds. The van der Waals surface area contributed by atoms with E-state index >= 15 is 0 Å². The summed E-state index contributed by atoms with van der Waals surface area (Å²) in [6.45, 7) is 8.06. The molecule has 0 aliphatic carbocycles. The van der Waals surface area contributed by atoms with E-state index in [0.29, 0.717) is 6.42 Å². The van der Waals surface area contributed by atoms with Gasteiger partial charge in [-0.15, -0.1) is 0 Å². The van der Waals surface area contributed by atoms with Crippen LogP contribution in [0.2, 0.25) is 0 Å². The topological polar surface area (TPSA) is 40.5 Å². The van der Waals surface area contributed by atoms with E-state index in [0.717, 1.165) is 24.3 Å². The Labute approximate surface area is 103 Å². The van der Waals surface area contributed by atoms with Gasteiger partial charge in [0, 0.05) is 18.8 Å². The lowest BCUT2D eigenvalue weighted by molar-refractivity contribution is -0.138. The van der Waals surface area contributed by atoms with Crippen LogP contribution in [-0.2, 0) is 4.79 Å². The molecule has 0 saturated heterocycles. The minimum atomic E-state index is -0.747. The quantitative estimate of drug-likeness (QED) is 0.823. The molecule has 3 nitrogen and oxygen atoms in total. The van der Waals surface area contributed by atoms with Crippen LogP contribution in [0, 0.1) is 0 Å². The van der Waals surface area contributed by atoms with E-state index in [4.69, 9.17) is 5.11 Å². The first-order chi connectivity index (χ1) is 8.13. The zero-order valence-electron chi connectivity index (χ0n) is 10.8. The van der Waals surface area contributed by atoms with E-state index in [2.05, 4.69) is 18.7 Å². The largest absolute Gasteiger partial charge is 0.481 e. The van der Waals surface area contributed by atoms with Gasteiger partial charge in [-0.05, 0) is 38.0 Å². The Kier molecular flexibility index (Phi) is 5.01. The molecule has 94 valence electrons. The van der Waals surface area contributed by atoms with E-state index in [9.17, 15) is 4.79 Å². The van der Waals surface area contributed by atoms with Gasteiger partial charge in [-0.2, -0.15) is 0 Å². The average molecular weight is 235 g/mol. The summed E-state index contributed by atoms with van der Waals surface area (Å²) < 4.78 is 0. The summed E-state index contributed by atoms with van der Waals surface area (Å²) in [7, 11) is 0. The second kappa shape index (κ2) is 6.28. The molecular formula is C14H21NO2. The van der Waals surface area contributed by atoms with Crippen LogP contribution in [0.5, 0.6) is 0 Å². The third-order valence-corrected chi connectivity index (χ3v) is 3.13. The van der Waals surface area contributed by atoms with Crippen LogP contribution < -0.4 is 4.90 Å². The maximum atomic E-state index is 11.1. The minimum Gasteiger partial charge on any atom is -0.481 e. The molecule has 0 spiro atoms. The van der Waals surface area contributed by atoms with Gasteiger partial charge in [0.2, 0.25) is 0 Å². The van der Waals surface area contributed by atoms with Crippen molar-refractivity contribution in [3.8, 4) is 0 Å². The van der Waals surface area contributed by atoms with Crippen LogP contribution in [0.25, 0.3) is 0 Å². The number of nitrogens with zero attached hydrogens (tertiary/aromatic N) is 1. The van der Waals surface area contributed by atoms with E-state index in [1.54, 1.807) is 0 Å². The molecule has 0 aromatic heterocycles. The molecule has 1 atom stereocenters. The molecule has 1 aromatic rings. The highest BCUT2D eigenvalue weighted by molar-refractivity contribution is 5.76. The Morgan fingerprint density at radius 2 is 1.71 bits per heavy atom. The Morgan fingerprint density at radius 3 is 2.06 bits per heavy atom. The first-order valence-electron chi connectivity index (χ1n) is 6.21. The van der Waals surface area contributed by atoms with Crippen molar-refractivity contribution in [3.63, 3.8) is 0 Å². The van der Waals surface area contributed by atoms with Crippen LogP contribution in [0.3, 0.4) is 0 Å². The number of carbonyl (C=O) groups is 1. The summed E-state index contributed by atoms with van der Waals surface area (Å²) in [5.41, 5.74) is 2.04. The molecular weight excluding hydrogens is 214 g/mol. The average Bonchev–Trinajstić information content (AvgIpc) is 2.33. The van der Waals surface area contributed by atoms with Gasteiger partial charge in [0.15, 0.2) is 0 Å². The van der Waals surface area contributed by atoms with Crippen molar-refractivity contribution in [2.24, 2.45) is 0 Å². The van der Waals surface area contributed by atoms with Crippen molar-refractivity contribution >= 4 is 11.7 Å². The molecule has 0 heterocycles. The fraction of sp³-hybridized carbons (Fsp3) is 0.500. The molecule has 0 saturated carbocycles. The first kappa shape index (κ1) is 13.6. The van der Waals surface area contributed by atoms with Gasteiger partial charge in [-0.25, -0.2) is 0 Å². The number of hydrogen-bond acceptors (Lipinski definition) is 2. The lowest BCUT2D eigenvalue weighted by atomic mass is 9.96. The molecule has 0 radical (unpaired) electrons. The lowest BCUT2D eigenvalue weighted by Crippen LogP contribution is -2.21. The predicted octanol–water partition coefficient (Wildman–Crippen LogP) is 3.11. The zero-order valence-corrected chi connectivity index (χ0v) is 10.8. The SMILES string of the molecule is CCC(C(=O)O)c1ccc(N(CC)CC)cc1. The first-order valence-corrected chi connectivity index (χ1v) is 6.21. The van der Waals surface area contributed by atoms with Crippen molar-refractivity contribution < 1.29 is 9.90 Å². The van der Waals surface area contributed by atoms with Crippen molar-refractivity contribution in [1.29, 1.82) is 0 Å². The lowest BCUT2D eigenvalue weighted by Gasteiger charge is -2.21. The number of carboxylic acids is 1.